The lowest BCUT2D eigenvalue weighted by atomic mass is 9.87. The van der Waals surface area contributed by atoms with Crippen LogP contribution in [-0.2, 0) is 4.79 Å². The quantitative estimate of drug-likeness (QED) is 0.930. The average Bonchev–Trinajstić information content (AvgIpc) is 2.35. The Bertz CT molecular complexity index is 565. The SMILES string of the molecule is Cc1ccc(N(C)C(=O)N2CC(C(C)C(=O)O)C2)c(C)c1. The van der Waals surface area contributed by atoms with Crippen molar-refractivity contribution in [3.05, 3.63) is 29.3 Å². The lowest BCUT2D eigenvalue weighted by molar-refractivity contribution is -0.144. The van der Waals surface area contributed by atoms with Gasteiger partial charge in [0, 0.05) is 31.7 Å². The number of aryl methyl sites for hydroxylation is 2. The molecule has 21 heavy (non-hydrogen) atoms. The molecule has 0 radical (unpaired) electrons. The molecule has 0 bridgehead atoms. The third-order valence-electron chi connectivity index (χ3n) is 4.28. The number of carbonyl (C=O) groups excluding carboxylic acids is 1. The van der Waals surface area contributed by atoms with E-state index in [0.29, 0.717) is 13.1 Å². The van der Waals surface area contributed by atoms with E-state index in [1.54, 1.807) is 23.8 Å². The predicted molar refractivity (Wildman–Crippen MR) is 81.6 cm³/mol. The molecular formula is C16H22N2O3. The van der Waals surface area contributed by atoms with Gasteiger partial charge in [-0.2, -0.15) is 0 Å². The van der Waals surface area contributed by atoms with Crippen LogP contribution in [0, 0.1) is 25.7 Å². The molecule has 2 amide bonds. The maximum atomic E-state index is 12.4. The number of carbonyl (C=O) groups is 2. The smallest absolute Gasteiger partial charge is 0.324 e. The highest BCUT2D eigenvalue weighted by molar-refractivity contribution is 5.92. The summed E-state index contributed by atoms with van der Waals surface area (Å²) in [7, 11) is 1.76. The van der Waals surface area contributed by atoms with Crippen LogP contribution in [0.2, 0.25) is 0 Å². The normalized spacial score (nSPS) is 16.3. The van der Waals surface area contributed by atoms with Crippen LogP contribution in [0.4, 0.5) is 10.5 Å². The molecule has 1 aromatic rings. The zero-order chi connectivity index (χ0) is 15.7. The standard InChI is InChI=1S/C16H22N2O3/c1-10-5-6-14(11(2)7-10)17(4)16(21)18-8-13(9-18)12(3)15(19)20/h5-7,12-13H,8-9H2,1-4H3,(H,19,20). The Morgan fingerprint density at radius 3 is 2.48 bits per heavy atom. The highest BCUT2D eigenvalue weighted by Gasteiger charge is 2.38. The molecule has 1 aromatic carbocycles. The van der Waals surface area contributed by atoms with Crippen molar-refractivity contribution in [2.45, 2.75) is 20.8 Å². The molecule has 5 nitrogen and oxygen atoms in total. The lowest BCUT2D eigenvalue weighted by Crippen LogP contribution is -2.56. The molecule has 0 aromatic heterocycles. The van der Waals surface area contributed by atoms with Crippen molar-refractivity contribution in [3.63, 3.8) is 0 Å². The Kier molecular flexibility index (Phi) is 4.21. The number of amides is 2. The van der Waals surface area contributed by atoms with Gasteiger partial charge in [0.2, 0.25) is 0 Å². The highest BCUT2D eigenvalue weighted by Crippen LogP contribution is 2.27. The molecule has 0 aliphatic carbocycles. The van der Waals surface area contributed by atoms with Gasteiger partial charge in [-0.25, -0.2) is 4.79 Å². The van der Waals surface area contributed by atoms with E-state index in [1.807, 2.05) is 32.0 Å². The first kappa shape index (κ1) is 15.4. The lowest BCUT2D eigenvalue weighted by Gasteiger charge is -2.42. The van der Waals surface area contributed by atoms with Gasteiger partial charge in [-0.05, 0) is 25.5 Å². The van der Waals surface area contributed by atoms with Crippen LogP contribution in [0.5, 0.6) is 0 Å². The number of carboxylic acid groups (broad SMARTS) is 1. The van der Waals surface area contributed by atoms with Gasteiger partial charge in [-0.1, -0.05) is 24.6 Å². The van der Waals surface area contributed by atoms with Gasteiger partial charge in [-0.3, -0.25) is 9.69 Å². The second-order valence-corrected chi connectivity index (χ2v) is 5.92. The van der Waals surface area contributed by atoms with E-state index in [4.69, 9.17) is 5.11 Å². The summed E-state index contributed by atoms with van der Waals surface area (Å²) in [5, 5.41) is 8.98. The molecule has 1 aliphatic heterocycles. The predicted octanol–water partition coefficient (Wildman–Crippen LogP) is 2.51. The topological polar surface area (TPSA) is 60.9 Å². The molecule has 1 aliphatic rings. The van der Waals surface area contributed by atoms with E-state index < -0.39 is 11.9 Å². The molecule has 1 saturated heterocycles. The van der Waals surface area contributed by atoms with Gasteiger partial charge >= 0.3 is 12.0 Å². The molecule has 114 valence electrons. The molecule has 1 unspecified atom stereocenters. The average molecular weight is 290 g/mol. The maximum Gasteiger partial charge on any atom is 0.324 e. The van der Waals surface area contributed by atoms with E-state index >= 15 is 0 Å². The van der Waals surface area contributed by atoms with Crippen molar-refractivity contribution in [2.24, 2.45) is 11.8 Å². The number of urea groups is 1. The van der Waals surface area contributed by atoms with Gasteiger partial charge in [-0.15, -0.1) is 0 Å². The molecule has 2 rings (SSSR count). The number of carboxylic acids is 1. The van der Waals surface area contributed by atoms with E-state index in [0.717, 1.165) is 16.8 Å². The third kappa shape index (κ3) is 3.01. The van der Waals surface area contributed by atoms with E-state index in [9.17, 15) is 9.59 Å². The van der Waals surface area contributed by atoms with E-state index in [2.05, 4.69) is 0 Å². The van der Waals surface area contributed by atoms with Crippen molar-refractivity contribution in [1.29, 1.82) is 0 Å². The summed E-state index contributed by atoms with van der Waals surface area (Å²) in [6, 6.07) is 5.90. The summed E-state index contributed by atoms with van der Waals surface area (Å²) in [5.41, 5.74) is 3.11. The Morgan fingerprint density at radius 1 is 1.33 bits per heavy atom. The number of likely N-dealkylation sites (tertiary alicyclic amines) is 1. The van der Waals surface area contributed by atoms with Crippen molar-refractivity contribution in [1.82, 2.24) is 4.90 Å². The monoisotopic (exact) mass is 290 g/mol. The minimum atomic E-state index is -0.796. The summed E-state index contributed by atoms with van der Waals surface area (Å²) in [5.74, 6) is -1.14. The minimum absolute atomic E-state index is 0.0546. The molecule has 1 atom stereocenters. The summed E-state index contributed by atoms with van der Waals surface area (Å²) in [4.78, 5) is 26.7. The Balaban J connectivity index is 2.00. The second-order valence-electron chi connectivity index (χ2n) is 5.92. The van der Waals surface area contributed by atoms with Gasteiger partial charge in [0.05, 0.1) is 5.92 Å². The maximum absolute atomic E-state index is 12.4. The van der Waals surface area contributed by atoms with Crippen LogP contribution in [0.3, 0.4) is 0 Å². The Hall–Kier alpha value is -2.04. The van der Waals surface area contributed by atoms with Gasteiger partial charge in [0.25, 0.3) is 0 Å². The number of hydrogen-bond acceptors (Lipinski definition) is 2. The fraction of sp³-hybridized carbons (Fsp3) is 0.500. The fourth-order valence-electron chi connectivity index (χ4n) is 2.68. The zero-order valence-electron chi connectivity index (χ0n) is 13.0. The van der Waals surface area contributed by atoms with Crippen LogP contribution in [0.25, 0.3) is 0 Å². The largest absolute Gasteiger partial charge is 0.481 e. The van der Waals surface area contributed by atoms with Crippen molar-refractivity contribution < 1.29 is 14.7 Å². The Morgan fingerprint density at radius 2 is 1.95 bits per heavy atom. The first-order valence-electron chi connectivity index (χ1n) is 7.14. The number of benzene rings is 1. The summed E-state index contributed by atoms with van der Waals surface area (Å²) in [6.45, 7) is 6.73. The molecule has 1 heterocycles. The summed E-state index contributed by atoms with van der Waals surface area (Å²) >= 11 is 0. The minimum Gasteiger partial charge on any atom is -0.481 e. The molecule has 1 fully saturated rings. The zero-order valence-corrected chi connectivity index (χ0v) is 13.0. The first-order valence-corrected chi connectivity index (χ1v) is 7.14. The number of aliphatic carboxylic acids is 1. The van der Waals surface area contributed by atoms with Crippen LogP contribution in [-0.4, -0.2) is 42.1 Å². The van der Waals surface area contributed by atoms with E-state index in [1.165, 1.54) is 0 Å². The molecule has 5 heteroatoms. The van der Waals surface area contributed by atoms with Gasteiger partial charge in [0.15, 0.2) is 0 Å². The van der Waals surface area contributed by atoms with E-state index in [-0.39, 0.29) is 11.9 Å². The summed E-state index contributed by atoms with van der Waals surface area (Å²) < 4.78 is 0. The Labute approximate surface area is 125 Å². The third-order valence-corrected chi connectivity index (χ3v) is 4.28. The van der Waals surface area contributed by atoms with Crippen LogP contribution >= 0.6 is 0 Å². The second kappa shape index (κ2) is 5.76. The number of rotatable bonds is 3. The van der Waals surface area contributed by atoms with Crippen molar-refractivity contribution in [3.8, 4) is 0 Å². The first-order chi connectivity index (χ1) is 9.81. The van der Waals surface area contributed by atoms with Gasteiger partial charge in [0.1, 0.15) is 0 Å². The number of anilines is 1. The molecule has 0 saturated carbocycles. The van der Waals surface area contributed by atoms with Crippen LogP contribution in [0.15, 0.2) is 18.2 Å². The molecule has 1 N–H and O–H groups in total. The van der Waals surface area contributed by atoms with Crippen LogP contribution < -0.4 is 4.90 Å². The van der Waals surface area contributed by atoms with Gasteiger partial charge < -0.3 is 10.0 Å². The molecule has 0 spiro atoms. The van der Waals surface area contributed by atoms with Crippen molar-refractivity contribution in [2.75, 3.05) is 25.0 Å². The number of nitrogens with zero attached hydrogens (tertiary/aromatic N) is 2. The van der Waals surface area contributed by atoms with Crippen LogP contribution in [0.1, 0.15) is 18.1 Å². The molecular weight excluding hydrogens is 268 g/mol. The summed E-state index contributed by atoms with van der Waals surface area (Å²) in [6.07, 6.45) is 0. The van der Waals surface area contributed by atoms with Crippen molar-refractivity contribution >= 4 is 17.7 Å². The highest BCUT2D eigenvalue weighted by atomic mass is 16.4. The fourth-order valence-corrected chi connectivity index (χ4v) is 2.68. The number of hydrogen-bond donors (Lipinski definition) is 1.